The summed E-state index contributed by atoms with van der Waals surface area (Å²) < 4.78 is 72.6. The van der Waals surface area contributed by atoms with Gasteiger partial charge in [-0.1, -0.05) is 232 Å². The van der Waals surface area contributed by atoms with Crippen molar-refractivity contribution in [1.29, 1.82) is 0 Å². The third-order valence-corrected chi connectivity index (χ3v) is 20.9. The van der Waals surface area contributed by atoms with Crippen LogP contribution in [0.3, 0.4) is 0 Å². The van der Waals surface area contributed by atoms with Gasteiger partial charge in [0.1, 0.15) is 0 Å². The minimum absolute atomic E-state index is 0.652. The summed E-state index contributed by atoms with van der Waals surface area (Å²) in [5.41, 5.74) is 0. The molecule has 0 aromatic heterocycles. The molecule has 608 valence electrons. The molecule has 3 fully saturated rings. The quantitative estimate of drug-likeness (QED) is 0.0535. The molecule has 0 aromatic rings. The Labute approximate surface area is 630 Å². The van der Waals surface area contributed by atoms with Crippen LogP contribution >= 0.6 is 0 Å². The van der Waals surface area contributed by atoms with Gasteiger partial charge in [-0.05, 0) is 77.8 Å². The summed E-state index contributed by atoms with van der Waals surface area (Å²) >= 11 is 0. The molecule has 0 atom stereocenters. The van der Waals surface area contributed by atoms with Gasteiger partial charge in [0.2, 0.25) is 0 Å². The Morgan fingerprint density at radius 3 is 0.333 bits per heavy atom. The first-order valence-corrected chi connectivity index (χ1v) is 44.0. The number of hydrogen-bond donors (Lipinski definition) is 0. The van der Waals surface area contributed by atoms with E-state index in [0.717, 1.165) is 197 Å². The van der Waals surface area contributed by atoms with Gasteiger partial charge < -0.3 is 56.8 Å². The van der Waals surface area contributed by atoms with Gasteiger partial charge in [-0.15, -0.1) is 0 Å². The average molecular weight is 1460 g/mol. The Kier molecular flexibility index (Phi) is 74.7. The molecule has 3 aliphatic rings. The molecule has 0 spiro atoms. The lowest BCUT2D eigenvalue weighted by Gasteiger charge is -2.23. The maximum Gasteiger partial charge on any atom is 0.0701 e. The van der Waals surface area contributed by atoms with E-state index in [1.54, 1.807) is 0 Å². The monoisotopic (exact) mass is 1460 g/mol. The summed E-state index contributed by atoms with van der Waals surface area (Å²) in [7, 11) is 0. The molecular formula is C84H170N6O12. The highest BCUT2D eigenvalue weighted by Crippen LogP contribution is 2.17. The van der Waals surface area contributed by atoms with Crippen LogP contribution in [0.1, 0.15) is 271 Å². The van der Waals surface area contributed by atoms with Crippen molar-refractivity contribution in [3.05, 3.63) is 0 Å². The van der Waals surface area contributed by atoms with Gasteiger partial charge in [0.05, 0.1) is 159 Å². The van der Waals surface area contributed by atoms with E-state index < -0.39 is 0 Å². The van der Waals surface area contributed by atoms with E-state index in [2.05, 4.69) is 43.2 Å². The van der Waals surface area contributed by atoms with Crippen LogP contribution < -0.4 is 0 Å². The predicted molar refractivity (Wildman–Crippen MR) is 424 cm³/mol. The lowest BCUT2D eigenvalue weighted by atomic mass is 10.1. The van der Waals surface area contributed by atoms with Crippen molar-refractivity contribution >= 4 is 0 Å². The summed E-state index contributed by atoms with van der Waals surface area (Å²) in [6, 6.07) is 0. The van der Waals surface area contributed by atoms with Crippen LogP contribution in [0.15, 0.2) is 0 Å². The summed E-state index contributed by atoms with van der Waals surface area (Å²) in [5.74, 6) is 0. The summed E-state index contributed by atoms with van der Waals surface area (Å²) in [6.45, 7) is 39.6. The molecule has 3 rings (SSSR count). The second kappa shape index (κ2) is 79.8. The SMILES string of the molecule is CCCCCCCCCCCCN1CCOCCOCCN(CCCCCCCCCCCCN2CCOCCOCCN(CCCCCCCCCCCCN3CCOCCOCCN(CCCCCCCCCCCC)CCOCCOCC3)CCOCCOCC2)CCOCCOCC1. The highest BCUT2D eigenvalue weighted by atomic mass is 16.5. The summed E-state index contributed by atoms with van der Waals surface area (Å²) in [5, 5.41) is 0. The minimum atomic E-state index is 0.652. The van der Waals surface area contributed by atoms with E-state index in [1.807, 2.05) is 0 Å². The zero-order valence-electron chi connectivity index (χ0n) is 67.6. The van der Waals surface area contributed by atoms with Gasteiger partial charge >= 0.3 is 0 Å². The van der Waals surface area contributed by atoms with Gasteiger partial charge in [0.15, 0.2) is 0 Å². The number of rotatable bonds is 48. The molecule has 0 aromatic carbocycles. The smallest absolute Gasteiger partial charge is 0.0701 e. The molecule has 3 aliphatic heterocycles. The van der Waals surface area contributed by atoms with Crippen molar-refractivity contribution in [1.82, 2.24) is 29.4 Å². The van der Waals surface area contributed by atoms with E-state index in [-0.39, 0.29) is 0 Å². The molecule has 3 heterocycles. The molecule has 102 heavy (non-hydrogen) atoms. The maximum absolute atomic E-state index is 6.09. The molecule has 18 nitrogen and oxygen atoms in total. The van der Waals surface area contributed by atoms with Gasteiger partial charge in [-0.2, -0.15) is 0 Å². The van der Waals surface area contributed by atoms with E-state index in [9.17, 15) is 0 Å². The van der Waals surface area contributed by atoms with E-state index in [4.69, 9.17) is 56.8 Å². The fourth-order valence-electron chi connectivity index (χ4n) is 14.1. The van der Waals surface area contributed by atoms with Gasteiger partial charge in [0, 0.05) is 78.5 Å². The Bertz CT molecular complexity index is 1440. The van der Waals surface area contributed by atoms with Crippen LogP contribution in [0.2, 0.25) is 0 Å². The molecule has 0 N–H and O–H groups in total. The lowest BCUT2D eigenvalue weighted by Crippen LogP contribution is -2.34. The minimum Gasteiger partial charge on any atom is -0.378 e. The molecule has 0 saturated carbocycles. The van der Waals surface area contributed by atoms with Crippen molar-refractivity contribution < 1.29 is 56.8 Å². The van der Waals surface area contributed by atoms with Gasteiger partial charge in [-0.3, -0.25) is 29.4 Å². The number of hydrogen-bond acceptors (Lipinski definition) is 18. The Hall–Kier alpha value is -0.720. The highest BCUT2D eigenvalue weighted by Gasteiger charge is 2.14. The van der Waals surface area contributed by atoms with Crippen molar-refractivity contribution in [3.63, 3.8) is 0 Å². The number of unbranched alkanes of at least 4 members (excludes halogenated alkanes) is 36. The molecule has 0 bridgehead atoms. The first kappa shape index (κ1) is 95.5. The molecule has 18 heteroatoms. The summed E-state index contributed by atoms with van der Waals surface area (Å²) in [4.78, 5) is 15.2. The maximum atomic E-state index is 6.09. The molecular weight excluding hydrogens is 1280 g/mol. The molecule has 0 radical (unpaired) electrons. The van der Waals surface area contributed by atoms with Crippen molar-refractivity contribution in [3.8, 4) is 0 Å². The Morgan fingerprint density at radius 1 is 0.127 bits per heavy atom. The first-order chi connectivity index (χ1) is 50.8. The largest absolute Gasteiger partial charge is 0.378 e. The highest BCUT2D eigenvalue weighted by molar-refractivity contribution is 4.66. The zero-order chi connectivity index (χ0) is 71.9. The van der Waals surface area contributed by atoms with Crippen LogP contribution in [0.25, 0.3) is 0 Å². The van der Waals surface area contributed by atoms with Crippen molar-refractivity contribution in [2.24, 2.45) is 0 Å². The average Bonchev–Trinajstić information content (AvgIpc) is 3.70. The van der Waals surface area contributed by atoms with E-state index in [1.165, 1.54) is 257 Å². The standard InChI is InChI=1S/C84H170N6O12/c1-3-5-7-9-11-13-19-25-31-37-43-85-49-61-91-73-77-95-65-53-87(54-66-96-78-74-92-62-50-85)45-39-33-27-21-15-17-23-29-35-41-47-89-57-69-99-81-83-101-71-59-90(60-72-102-84-82-100-70-58-89)48-42-36-30-24-18-16-22-28-34-40-46-88-55-67-97-79-75-93-63-51-86(52-64-94-76-80-98-68-56-88)44-38-32-26-20-14-12-10-8-6-4-2/h3-84H2,1-2H3. The topological polar surface area (TPSA) is 130 Å². The van der Waals surface area contributed by atoms with Crippen molar-refractivity contribution in [2.75, 3.05) is 276 Å². The lowest BCUT2D eigenvalue weighted by molar-refractivity contribution is 0.00776. The molecule has 0 aliphatic carbocycles. The Morgan fingerprint density at radius 2 is 0.225 bits per heavy atom. The van der Waals surface area contributed by atoms with Gasteiger partial charge in [-0.25, -0.2) is 0 Å². The van der Waals surface area contributed by atoms with E-state index >= 15 is 0 Å². The Balaban J connectivity index is 1.12. The summed E-state index contributed by atoms with van der Waals surface area (Å²) in [6.07, 6.45) is 53.6. The normalized spacial score (nSPS) is 19.9. The molecule has 3 saturated heterocycles. The van der Waals surface area contributed by atoms with Crippen molar-refractivity contribution in [2.45, 2.75) is 271 Å². The second-order valence-electron chi connectivity index (χ2n) is 29.8. The van der Waals surface area contributed by atoms with Crippen LogP contribution in [-0.4, -0.2) is 306 Å². The molecule has 0 amide bonds. The van der Waals surface area contributed by atoms with Gasteiger partial charge in [0.25, 0.3) is 0 Å². The zero-order valence-corrected chi connectivity index (χ0v) is 67.6. The van der Waals surface area contributed by atoms with Crippen LogP contribution in [-0.2, 0) is 56.8 Å². The third kappa shape index (κ3) is 67.4. The van der Waals surface area contributed by atoms with Crippen LogP contribution in [0, 0.1) is 0 Å². The van der Waals surface area contributed by atoms with Crippen LogP contribution in [0.5, 0.6) is 0 Å². The van der Waals surface area contributed by atoms with E-state index in [0.29, 0.717) is 79.3 Å². The number of ether oxygens (including phenoxy) is 12. The number of nitrogens with zero attached hydrogens (tertiary/aromatic N) is 6. The second-order valence-corrected chi connectivity index (χ2v) is 29.8. The first-order valence-electron chi connectivity index (χ1n) is 44.0. The fraction of sp³-hybridized carbons (Fsp3) is 1.00. The van der Waals surface area contributed by atoms with Crippen LogP contribution in [0.4, 0.5) is 0 Å². The predicted octanol–water partition coefficient (Wildman–Crippen LogP) is 15.7. The third-order valence-electron chi connectivity index (χ3n) is 20.9. The molecule has 0 unspecified atom stereocenters. The fourth-order valence-corrected chi connectivity index (χ4v) is 14.1.